The molecular formula is C10H12ClNO5S2. The molecule has 1 N–H and O–H groups in total. The third-order valence-corrected chi connectivity index (χ3v) is 4.43. The standard InChI is InChI=1S/C10H12ClNO5S2/c1-18(14,15)6-5-12-10(13)8-3-2-4-9(7-8)19(11,16)17/h2-4,7H,5-6H2,1H3,(H,12,13). The van der Waals surface area contributed by atoms with Crippen molar-refractivity contribution in [2.24, 2.45) is 0 Å². The van der Waals surface area contributed by atoms with Crippen molar-refractivity contribution in [3.8, 4) is 0 Å². The minimum absolute atomic E-state index is 0.0461. The Morgan fingerprint density at radius 1 is 1.26 bits per heavy atom. The number of halogens is 1. The van der Waals surface area contributed by atoms with Crippen molar-refractivity contribution in [1.82, 2.24) is 5.32 Å². The molecule has 0 aliphatic rings. The number of carbonyl (C=O) groups excluding carboxylic acids is 1. The van der Waals surface area contributed by atoms with E-state index in [0.29, 0.717) is 0 Å². The van der Waals surface area contributed by atoms with Gasteiger partial charge in [0, 0.05) is 29.0 Å². The van der Waals surface area contributed by atoms with E-state index >= 15 is 0 Å². The van der Waals surface area contributed by atoms with Crippen LogP contribution >= 0.6 is 10.7 Å². The predicted molar refractivity (Wildman–Crippen MR) is 71.5 cm³/mol. The molecule has 1 rings (SSSR count). The smallest absolute Gasteiger partial charge is 0.261 e. The van der Waals surface area contributed by atoms with Gasteiger partial charge in [-0.15, -0.1) is 0 Å². The van der Waals surface area contributed by atoms with Crippen LogP contribution in [0.1, 0.15) is 10.4 Å². The quantitative estimate of drug-likeness (QED) is 0.790. The number of hydrogen-bond donors (Lipinski definition) is 1. The minimum atomic E-state index is -3.91. The fourth-order valence-corrected chi connectivity index (χ4v) is 2.51. The summed E-state index contributed by atoms with van der Waals surface area (Å²) in [4.78, 5) is 11.5. The molecule has 0 aliphatic carbocycles. The molecule has 9 heteroatoms. The van der Waals surface area contributed by atoms with E-state index in [1.54, 1.807) is 0 Å². The zero-order chi connectivity index (χ0) is 14.7. The molecule has 0 heterocycles. The first kappa shape index (κ1) is 15.9. The Hall–Kier alpha value is -1.12. The van der Waals surface area contributed by atoms with E-state index < -0.39 is 24.8 Å². The van der Waals surface area contributed by atoms with Gasteiger partial charge in [-0.3, -0.25) is 4.79 Å². The number of hydrogen-bond acceptors (Lipinski definition) is 5. The van der Waals surface area contributed by atoms with Crippen LogP contribution in [0.3, 0.4) is 0 Å². The molecule has 0 fully saturated rings. The molecule has 0 saturated heterocycles. The van der Waals surface area contributed by atoms with Gasteiger partial charge in [0.2, 0.25) is 0 Å². The SMILES string of the molecule is CS(=O)(=O)CCNC(=O)c1cccc(S(=O)(=O)Cl)c1. The maximum Gasteiger partial charge on any atom is 0.261 e. The van der Waals surface area contributed by atoms with Crippen molar-refractivity contribution >= 4 is 35.5 Å². The van der Waals surface area contributed by atoms with Crippen LogP contribution in [0.15, 0.2) is 29.2 Å². The van der Waals surface area contributed by atoms with E-state index in [9.17, 15) is 21.6 Å². The molecule has 0 aliphatic heterocycles. The number of carbonyl (C=O) groups is 1. The third-order valence-electron chi connectivity index (χ3n) is 2.14. The lowest BCUT2D eigenvalue weighted by atomic mass is 10.2. The second kappa shape index (κ2) is 5.89. The molecule has 0 bridgehead atoms. The lowest BCUT2D eigenvalue weighted by molar-refractivity contribution is 0.0956. The molecule has 0 unspecified atom stereocenters. The molecule has 0 aromatic heterocycles. The highest BCUT2D eigenvalue weighted by Gasteiger charge is 2.13. The molecular weight excluding hydrogens is 314 g/mol. The number of sulfone groups is 1. The van der Waals surface area contributed by atoms with E-state index in [2.05, 4.69) is 5.32 Å². The van der Waals surface area contributed by atoms with Crippen LogP contribution in [0.5, 0.6) is 0 Å². The van der Waals surface area contributed by atoms with Gasteiger partial charge in [0.15, 0.2) is 0 Å². The van der Waals surface area contributed by atoms with Crippen molar-refractivity contribution in [2.45, 2.75) is 4.90 Å². The predicted octanol–water partition coefficient (Wildman–Crippen LogP) is 0.388. The van der Waals surface area contributed by atoms with Crippen molar-refractivity contribution < 1.29 is 21.6 Å². The van der Waals surface area contributed by atoms with Gasteiger partial charge in [0.25, 0.3) is 15.0 Å². The fraction of sp³-hybridized carbons (Fsp3) is 0.300. The highest BCUT2D eigenvalue weighted by Crippen LogP contribution is 2.15. The normalized spacial score (nSPS) is 12.1. The summed E-state index contributed by atoms with van der Waals surface area (Å²) in [5.41, 5.74) is 0.0928. The number of rotatable bonds is 5. The van der Waals surface area contributed by atoms with Crippen molar-refractivity contribution in [3.63, 3.8) is 0 Å². The summed E-state index contributed by atoms with van der Waals surface area (Å²) in [6.45, 7) is -0.0461. The third kappa shape index (κ3) is 5.58. The van der Waals surface area contributed by atoms with Crippen LogP contribution in [-0.4, -0.2) is 41.3 Å². The maximum atomic E-state index is 11.7. The molecule has 1 amide bonds. The second-order valence-electron chi connectivity index (χ2n) is 3.85. The number of amides is 1. The van der Waals surface area contributed by atoms with E-state index in [1.165, 1.54) is 18.2 Å². The summed E-state index contributed by atoms with van der Waals surface area (Å²) < 4.78 is 44.0. The second-order valence-corrected chi connectivity index (χ2v) is 8.68. The zero-order valence-corrected chi connectivity index (χ0v) is 12.3. The molecule has 6 nitrogen and oxygen atoms in total. The van der Waals surface area contributed by atoms with Gasteiger partial charge in [-0.1, -0.05) is 6.07 Å². The van der Waals surface area contributed by atoms with Crippen molar-refractivity contribution in [3.05, 3.63) is 29.8 Å². The van der Waals surface area contributed by atoms with Crippen LogP contribution in [0.2, 0.25) is 0 Å². The van der Waals surface area contributed by atoms with Gasteiger partial charge in [0.05, 0.1) is 10.6 Å². The Labute approximate surface area is 116 Å². The van der Waals surface area contributed by atoms with E-state index in [0.717, 1.165) is 12.3 Å². The van der Waals surface area contributed by atoms with Crippen molar-refractivity contribution in [1.29, 1.82) is 0 Å². The molecule has 0 spiro atoms. The zero-order valence-electron chi connectivity index (χ0n) is 9.96. The van der Waals surface area contributed by atoms with Gasteiger partial charge >= 0.3 is 0 Å². The van der Waals surface area contributed by atoms with E-state index in [1.807, 2.05) is 0 Å². The van der Waals surface area contributed by atoms with Crippen LogP contribution in [-0.2, 0) is 18.9 Å². The van der Waals surface area contributed by atoms with Crippen LogP contribution in [0.4, 0.5) is 0 Å². The molecule has 19 heavy (non-hydrogen) atoms. The van der Waals surface area contributed by atoms with Gasteiger partial charge in [-0.05, 0) is 18.2 Å². The molecule has 0 atom stereocenters. The highest BCUT2D eigenvalue weighted by atomic mass is 35.7. The van der Waals surface area contributed by atoms with Gasteiger partial charge in [-0.25, -0.2) is 16.8 Å². The number of nitrogens with one attached hydrogen (secondary N) is 1. The Balaban J connectivity index is 2.79. The summed E-state index contributed by atoms with van der Waals surface area (Å²) in [7, 11) is -1.91. The topological polar surface area (TPSA) is 97.4 Å². The summed E-state index contributed by atoms with van der Waals surface area (Å²) >= 11 is 0. The van der Waals surface area contributed by atoms with E-state index in [4.69, 9.17) is 10.7 Å². The first-order chi connectivity index (χ1) is 8.59. The lowest BCUT2D eigenvalue weighted by Crippen LogP contribution is -2.28. The Kier molecular flexibility index (Phi) is 4.94. The molecule has 1 aromatic rings. The van der Waals surface area contributed by atoms with Crippen LogP contribution in [0.25, 0.3) is 0 Å². The largest absolute Gasteiger partial charge is 0.351 e. The number of benzene rings is 1. The summed E-state index contributed by atoms with van der Waals surface area (Å²) in [6, 6.07) is 5.16. The average Bonchev–Trinajstić information content (AvgIpc) is 2.26. The van der Waals surface area contributed by atoms with Crippen LogP contribution in [0, 0.1) is 0 Å². The summed E-state index contributed by atoms with van der Waals surface area (Å²) in [5, 5.41) is 2.38. The minimum Gasteiger partial charge on any atom is -0.351 e. The van der Waals surface area contributed by atoms with Gasteiger partial charge in [-0.2, -0.15) is 0 Å². The summed E-state index contributed by atoms with van der Waals surface area (Å²) in [6.07, 6.45) is 1.06. The molecule has 106 valence electrons. The lowest BCUT2D eigenvalue weighted by Gasteiger charge is -2.05. The average molecular weight is 326 g/mol. The Morgan fingerprint density at radius 3 is 2.42 bits per heavy atom. The molecule has 0 saturated carbocycles. The van der Waals surface area contributed by atoms with Crippen LogP contribution < -0.4 is 5.32 Å². The highest BCUT2D eigenvalue weighted by molar-refractivity contribution is 8.13. The summed E-state index contributed by atoms with van der Waals surface area (Å²) in [5.74, 6) is -0.752. The van der Waals surface area contributed by atoms with Crippen molar-refractivity contribution in [2.75, 3.05) is 18.6 Å². The molecule has 1 aromatic carbocycles. The Bertz CT molecular complexity index is 682. The molecule has 0 radical (unpaired) electrons. The maximum absolute atomic E-state index is 11.7. The van der Waals surface area contributed by atoms with E-state index in [-0.39, 0.29) is 22.8 Å². The monoisotopic (exact) mass is 325 g/mol. The fourth-order valence-electron chi connectivity index (χ4n) is 1.24. The Morgan fingerprint density at radius 2 is 1.89 bits per heavy atom. The van der Waals surface area contributed by atoms with Gasteiger partial charge < -0.3 is 5.32 Å². The first-order valence-electron chi connectivity index (χ1n) is 5.10. The van der Waals surface area contributed by atoms with Gasteiger partial charge in [0.1, 0.15) is 9.84 Å². The first-order valence-corrected chi connectivity index (χ1v) is 9.47.